The van der Waals surface area contributed by atoms with Gasteiger partial charge in [-0.25, -0.2) is 0 Å². The Balaban J connectivity index is 2.02. The minimum Gasteiger partial charge on any atom is -0.398 e. The molecule has 0 saturated heterocycles. The van der Waals surface area contributed by atoms with Crippen LogP contribution >= 0.6 is 0 Å². The third-order valence-corrected chi connectivity index (χ3v) is 3.91. The van der Waals surface area contributed by atoms with Crippen molar-refractivity contribution in [1.29, 1.82) is 0 Å². The van der Waals surface area contributed by atoms with Gasteiger partial charge in [-0.3, -0.25) is 4.79 Å². The molecule has 0 unspecified atom stereocenters. The summed E-state index contributed by atoms with van der Waals surface area (Å²) >= 11 is 0. The van der Waals surface area contributed by atoms with Gasteiger partial charge in [0.2, 0.25) is 0 Å². The molecule has 1 aliphatic heterocycles. The van der Waals surface area contributed by atoms with E-state index in [4.69, 9.17) is 5.73 Å². The molecule has 102 valence electrons. The van der Waals surface area contributed by atoms with Crippen LogP contribution in [0.1, 0.15) is 27.9 Å². The van der Waals surface area contributed by atoms with E-state index in [0.717, 1.165) is 30.6 Å². The van der Waals surface area contributed by atoms with Crippen LogP contribution in [0.25, 0.3) is 0 Å². The second-order valence-corrected chi connectivity index (χ2v) is 5.23. The van der Waals surface area contributed by atoms with E-state index < -0.39 is 0 Å². The summed E-state index contributed by atoms with van der Waals surface area (Å²) in [5.41, 5.74) is 10.4. The predicted octanol–water partition coefficient (Wildman–Crippen LogP) is 3.17. The van der Waals surface area contributed by atoms with Crippen molar-refractivity contribution < 1.29 is 4.79 Å². The number of aryl methyl sites for hydroxylation is 2. The zero-order chi connectivity index (χ0) is 14.1. The number of amides is 1. The van der Waals surface area contributed by atoms with E-state index in [0.29, 0.717) is 11.3 Å². The van der Waals surface area contributed by atoms with E-state index in [-0.39, 0.29) is 5.91 Å². The highest BCUT2D eigenvalue weighted by Crippen LogP contribution is 2.29. The smallest absolute Gasteiger partial charge is 0.260 e. The predicted molar refractivity (Wildman–Crippen MR) is 82.0 cm³/mol. The number of carbonyl (C=O) groups excluding carboxylic acids is 1. The lowest BCUT2D eigenvalue weighted by atomic mass is 10.00. The molecule has 2 N–H and O–H groups in total. The topological polar surface area (TPSA) is 46.3 Å². The Hall–Kier alpha value is -2.29. The van der Waals surface area contributed by atoms with Crippen LogP contribution in [0.2, 0.25) is 0 Å². The largest absolute Gasteiger partial charge is 0.398 e. The summed E-state index contributed by atoms with van der Waals surface area (Å²) in [4.78, 5) is 14.6. The van der Waals surface area contributed by atoms with E-state index in [1.54, 1.807) is 0 Å². The van der Waals surface area contributed by atoms with Crippen molar-refractivity contribution in [2.45, 2.75) is 19.8 Å². The van der Waals surface area contributed by atoms with E-state index in [2.05, 4.69) is 6.07 Å². The highest BCUT2D eigenvalue weighted by molar-refractivity contribution is 6.10. The molecule has 1 amide bonds. The Morgan fingerprint density at radius 1 is 1.15 bits per heavy atom. The zero-order valence-electron chi connectivity index (χ0n) is 11.6. The molecule has 3 rings (SSSR count). The number of nitrogen functional groups attached to an aromatic ring is 1. The van der Waals surface area contributed by atoms with Crippen molar-refractivity contribution in [2.24, 2.45) is 0 Å². The van der Waals surface area contributed by atoms with Gasteiger partial charge in [-0.05, 0) is 43.0 Å². The molecule has 0 bridgehead atoms. The van der Waals surface area contributed by atoms with Gasteiger partial charge in [-0.2, -0.15) is 0 Å². The molecule has 0 fully saturated rings. The zero-order valence-corrected chi connectivity index (χ0v) is 11.6. The van der Waals surface area contributed by atoms with E-state index in [1.807, 2.05) is 48.2 Å². The molecule has 0 spiro atoms. The van der Waals surface area contributed by atoms with Crippen LogP contribution in [0.5, 0.6) is 0 Å². The lowest BCUT2D eigenvalue weighted by molar-refractivity contribution is 0.0986. The van der Waals surface area contributed by atoms with E-state index in [1.165, 1.54) is 5.56 Å². The number of para-hydroxylation sites is 2. The first-order valence-electron chi connectivity index (χ1n) is 6.93. The maximum absolute atomic E-state index is 12.8. The second-order valence-electron chi connectivity index (χ2n) is 5.23. The number of fused-ring (bicyclic) bond motifs is 1. The minimum absolute atomic E-state index is 0.00153. The Bertz CT molecular complexity index is 664. The van der Waals surface area contributed by atoms with Crippen molar-refractivity contribution in [1.82, 2.24) is 0 Å². The molecule has 3 nitrogen and oxygen atoms in total. The number of rotatable bonds is 1. The number of benzene rings is 2. The molecule has 2 aromatic rings. The third kappa shape index (κ3) is 2.05. The molecule has 0 saturated carbocycles. The summed E-state index contributed by atoms with van der Waals surface area (Å²) in [6, 6.07) is 13.7. The molecule has 0 aromatic heterocycles. The molecule has 0 aliphatic carbocycles. The van der Waals surface area contributed by atoms with Crippen LogP contribution in [0, 0.1) is 6.92 Å². The number of hydrogen-bond donors (Lipinski definition) is 1. The average molecular weight is 266 g/mol. The van der Waals surface area contributed by atoms with Crippen molar-refractivity contribution >= 4 is 17.3 Å². The van der Waals surface area contributed by atoms with Gasteiger partial charge < -0.3 is 10.6 Å². The Morgan fingerprint density at radius 3 is 2.80 bits per heavy atom. The molecule has 1 aliphatic rings. The summed E-state index contributed by atoms with van der Waals surface area (Å²) in [6.07, 6.45) is 2.03. The summed E-state index contributed by atoms with van der Waals surface area (Å²) in [7, 11) is 0. The Morgan fingerprint density at radius 2 is 1.95 bits per heavy atom. The lowest BCUT2D eigenvalue weighted by Crippen LogP contribution is -2.35. The molecule has 1 heterocycles. The first-order chi connectivity index (χ1) is 9.68. The summed E-state index contributed by atoms with van der Waals surface area (Å²) in [6.45, 7) is 2.68. The molecule has 0 radical (unpaired) electrons. The second kappa shape index (κ2) is 5.00. The van der Waals surface area contributed by atoms with Crippen LogP contribution in [-0.2, 0) is 6.42 Å². The highest BCUT2D eigenvalue weighted by atomic mass is 16.2. The fraction of sp³-hybridized carbons (Fsp3) is 0.235. The first kappa shape index (κ1) is 12.7. The first-order valence-corrected chi connectivity index (χ1v) is 6.93. The number of carbonyl (C=O) groups is 1. The highest BCUT2D eigenvalue weighted by Gasteiger charge is 2.24. The third-order valence-electron chi connectivity index (χ3n) is 3.91. The number of nitrogens with two attached hydrogens (primary N) is 1. The maximum atomic E-state index is 12.8. The van der Waals surface area contributed by atoms with Gasteiger partial charge in [0, 0.05) is 17.9 Å². The van der Waals surface area contributed by atoms with Crippen LogP contribution in [0.15, 0.2) is 42.5 Å². The van der Waals surface area contributed by atoms with Crippen LogP contribution in [-0.4, -0.2) is 12.5 Å². The Labute approximate surface area is 119 Å². The standard InChI is InChI=1S/C17H18N2O/c1-12-6-4-9-14(16(12)18)17(20)19-11-5-8-13-7-2-3-10-15(13)19/h2-4,6-7,9-10H,5,8,11,18H2,1H3. The van der Waals surface area contributed by atoms with Gasteiger partial charge in [0.25, 0.3) is 5.91 Å². The summed E-state index contributed by atoms with van der Waals surface area (Å²) < 4.78 is 0. The summed E-state index contributed by atoms with van der Waals surface area (Å²) in [5.74, 6) is -0.00153. The molecule has 0 atom stereocenters. The lowest BCUT2D eigenvalue weighted by Gasteiger charge is -2.30. The van der Waals surface area contributed by atoms with Gasteiger partial charge in [0.05, 0.1) is 5.56 Å². The van der Waals surface area contributed by atoms with E-state index in [9.17, 15) is 4.79 Å². The summed E-state index contributed by atoms with van der Waals surface area (Å²) in [5, 5.41) is 0. The van der Waals surface area contributed by atoms with Crippen molar-refractivity contribution in [3.8, 4) is 0 Å². The number of nitrogens with zero attached hydrogens (tertiary/aromatic N) is 1. The number of anilines is 2. The van der Waals surface area contributed by atoms with Crippen LogP contribution in [0.3, 0.4) is 0 Å². The SMILES string of the molecule is Cc1cccc(C(=O)N2CCCc3ccccc32)c1N. The van der Waals surface area contributed by atoms with Gasteiger partial charge in [-0.1, -0.05) is 30.3 Å². The van der Waals surface area contributed by atoms with Crippen molar-refractivity contribution in [2.75, 3.05) is 17.2 Å². The average Bonchev–Trinajstić information content (AvgIpc) is 2.49. The van der Waals surface area contributed by atoms with E-state index >= 15 is 0 Å². The van der Waals surface area contributed by atoms with Crippen LogP contribution in [0.4, 0.5) is 11.4 Å². The fourth-order valence-electron chi connectivity index (χ4n) is 2.76. The van der Waals surface area contributed by atoms with Gasteiger partial charge in [0.1, 0.15) is 0 Å². The molecule has 3 heteroatoms. The quantitative estimate of drug-likeness (QED) is 0.806. The van der Waals surface area contributed by atoms with Crippen LogP contribution < -0.4 is 10.6 Å². The Kier molecular flexibility index (Phi) is 3.18. The fourth-order valence-corrected chi connectivity index (χ4v) is 2.76. The minimum atomic E-state index is -0.00153. The molecule has 20 heavy (non-hydrogen) atoms. The maximum Gasteiger partial charge on any atom is 0.260 e. The molecular weight excluding hydrogens is 248 g/mol. The van der Waals surface area contributed by atoms with Gasteiger partial charge >= 0.3 is 0 Å². The number of hydrogen-bond acceptors (Lipinski definition) is 2. The van der Waals surface area contributed by atoms with Crippen molar-refractivity contribution in [3.63, 3.8) is 0 Å². The van der Waals surface area contributed by atoms with Gasteiger partial charge in [0.15, 0.2) is 0 Å². The van der Waals surface area contributed by atoms with Gasteiger partial charge in [-0.15, -0.1) is 0 Å². The normalized spacial score (nSPS) is 13.9. The molecule has 2 aromatic carbocycles. The monoisotopic (exact) mass is 266 g/mol. The van der Waals surface area contributed by atoms with Crippen molar-refractivity contribution in [3.05, 3.63) is 59.2 Å². The molecular formula is C17H18N2O.